The Hall–Kier alpha value is -4.48. The van der Waals surface area contributed by atoms with E-state index in [1.54, 1.807) is 0 Å². The van der Waals surface area contributed by atoms with E-state index in [0.717, 1.165) is 24.5 Å². The van der Waals surface area contributed by atoms with E-state index in [2.05, 4.69) is 25.3 Å². The third-order valence-electron chi connectivity index (χ3n) is 4.59. The Morgan fingerprint density at radius 1 is 1.06 bits per heavy atom. The van der Waals surface area contributed by atoms with Crippen LogP contribution in [0.25, 0.3) is 11.0 Å². The number of halogens is 3. The topological polar surface area (TPSA) is 136 Å². The average Bonchev–Trinajstić information content (AvgIpc) is 3.20. The second kappa shape index (κ2) is 7.98. The zero-order valence-corrected chi connectivity index (χ0v) is 16.2. The Bertz CT molecular complexity index is 1390. The second-order valence-corrected chi connectivity index (χ2v) is 6.46. The standard InChI is InChI=1S/C20H13F3N6O3/c1-32-8-4-12(22)18(25-5-8)29-20-13-10(6-26-19(13)27-7-28-20)16(30)14-11(21)3-2-9(15(14)23)17(24)31/h2-7H,1H3,(H2,24,31)(H2,25,26,27,28,29). The van der Waals surface area contributed by atoms with Crippen molar-refractivity contribution >= 4 is 34.4 Å². The summed E-state index contributed by atoms with van der Waals surface area (Å²) in [4.78, 5) is 39.0. The van der Waals surface area contributed by atoms with Crippen LogP contribution in [-0.2, 0) is 0 Å². The van der Waals surface area contributed by atoms with Crippen LogP contribution in [-0.4, -0.2) is 38.7 Å². The molecule has 3 heterocycles. The lowest BCUT2D eigenvalue weighted by atomic mass is 9.99. The number of carbonyl (C=O) groups is 2. The summed E-state index contributed by atoms with van der Waals surface area (Å²) < 4.78 is 48.3. The number of fused-ring (bicyclic) bond motifs is 1. The lowest BCUT2D eigenvalue weighted by Crippen LogP contribution is -2.17. The number of rotatable bonds is 6. The molecule has 32 heavy (non-hydrogen) atoms. The number of methoxy groups -OCH3 is 1. The van der Waals surface area contributed by atoms with Gasteiger partial charge in [-0.1, -0.05) is 0 Å². The molecule has 162 valence electrons. The van der Waals surface area contributed by atoms with Gasteiger partial charge in [-0.25, -0.2) is 28.1 Å². The number of benzene rings is 1. The molecule has 4 N–H and O–H groups in total. The molecule has 4 aromatic rings. The van der Waals surface area contributed by atoms with Crippen LogP contribution in [0.2, 0.25) is 0 Å². The third-order valence-corrected chi connectivity index (χ3v) is 4.59. The van der Waals surface area contributed by atoms with Gasteiger partial charge >= 0.3 is 0 Å². The van der Waals surface area contributed by atoms with Crippen molar-refractivity contribution in [3.63, 3.8) is 0 Å². The second-order valence-electron chi connectivity index (χ2n) is 6.46. The number of nitrogens with zero attached hydrogens (tertiary/aromatic N) is 3. The van der Waals surface area contributed by atoms with Crippen LogP contribution in [0, 0.1) is 17.5 Å². The molecule has 0 bridgehead atoms. The molecule has 0 atom stereocenters. The number of ether oxygens (including phenoxy) is 1. The Morgan fingerprint density at radius 3 is 2.53 bits per heavy atom. The first-order valence-corrected chi connectivity index (χ1v) is 8.93. The summed E-state index contributed by atoms with van der Waals surface area (Å²) in [6.07, 6.45) is 3.55. The van der Waals surface area contributed by atoms with Crippen molar-refractivity contribution in [2.45, 2.75) is 0 Å². The summed E-state index contributed by atoms with van der Waals surface area (Å²) in [7, 11) is 1.35. The molecule has 0 saturated heterocycles. The maximum absolute atomic E-state index is 14.7. The molecule has 0 aliphatic carbocycles. The van der Waals surface area contributed by atoms with E-state index in [9.17, 15) is 22.8 Å². The first-order chi connectivity index (χ1) is 15.3. The number of ketones is 1. The highest BCUT2D eigenvalue weighted by Crippen LogP contribution is 2.30. The fourth-order valence-corrected chi connectivity index (χ4v) is 3.06. The van der Waals surface area contributed by atoms with Crippen LogP contribution >= 0.6 is 0 Å². The van der Waals surface area contributed by atoms with Gasteiger partial charge in [-0.3, -0.25) is 9.59 Å². The molecule has 0 saturated carbocycles. The first-order valence-electron chi connectivity index (χ1n) is 8.93. The smallest absolute Gasteiger partial charge is 0.251 e. The number of hydrogen-bond acceptors (Lipinski definition) is 7. The van der Waals surface area contributed by atoms with Crippen LogP contribution in [0.3, 0.4) is 0 Å². The minimum Gasteiger partial charge on any atom is -0.495 e. The van der Waals surface area contributed by atoms with Crippen molar-refractivity contribution < 1.29 is 27.5 Å². The molecular weight excluding hydrogens is 429 g/mol. The van der Waals surface area contributed by atoms with Crippen LogP contribution < -0.4 is 15.8 Å². The molecule has 0 radical (unpaired) electrons. The molecule has 9 nitrogen and oxygen atoms in total. The highest BCUT2D eigenvalue weighted by atomic mass is 19.1. The van der Waals surface area contributed by atoms with Crippen LogP contribution in [0.15, 0.2) is 36.9 Å². The van der Waals surface area contributed by atoms with E-state index in [1.165, 1.54) is 19.5 Å². The van der Waals surface area contributed by atoms with Gasteiger partial charge in [-0.05, 0) is 12.1 Å². The minimum atomic E-state index is -1.40. The molecular formula is C20H13F3N6O3. The summed E-state index contributed by atoms with van der Waals surface area (Å²) >= 11 is 0. The number of pyridine rings is 1. The van der Waals surface area contributed by atoms with Gasteiger partial charge in [0.15, 0.2) is 11.6 Å². The van der Waals surface area contributed by atoms with Gasteiger partial charge < -0.3 is 20.8 Å². The molecule has 1 amide bonds. The largest absolute Gasteiger partial charge is 0.495 e. The van der Waals surface area contributed by atoms with Gasteiger partial charge in [-0.15, -0.1) is 0 Å². The number of H-pyrrole nitrogens is 1. The number of nitrogens with two attached hydrogens (primary N) is 1. The zero-order chi connectivity index (χ0) is 23.0. The fourth-order valence-electron chi connectivity index (χ4n) is 3.06. The number of primary amides is 1. The van der Waals surface area contributed by atoms with Crippen LogP contribution in [0.1, 0.15) is 26.3 Å². The number of amides is 1. The Kier molecular flexibility index (Phi) is 5.18. The van der Waals surface area contributed by atoms with E-state index < -0.39 is 40.3 Å². The molecule has 0 fully saturated rings. The summed E-state index contributed by atoms with van der Waals surface area (Å²) in [5.74, 6) is -5.74. The first kappa shape index (κ1) is 20.8. The number of aromatic nitrogens is 4. The van der Waals surface area contributed by atoms with Gasteiger partial charge in [0, 0.05) is 12.3 Å². The minimum absolute atomic E-state index is 0.0257. The highest BCUT2D eigenvalue weighted by Gasteiger charge is 2.27. The third kappa shape index (κ3) is 3.47. The monoisotopic (exact) mass is 442 g/mol. The van der Waals surface area contributed by atoms with Crippen molar-refractivity contribution in [2.75, 3.05) is 12.4 Å². The van der Waals surface area contributed by atoms with Crippen molar-refractivity contribution in [2.24, 2.45) is 5.73 Å². The van der Waals surface area contributed by atoms with E-state index >= 15 is 0 Å². The lowest BCUT2D eigenvalue weighted by Gasteiger charge is -2.10. The molecule has 0 spiro atoms. The SMILES string of the molecule is COc1cnc(Nc2ncnc3[nH]cc(C(=O)c4c(F)ccc(C(N)=O)c4F)c23)c(F)c1. The summed E-state index contributed by atoms with van der Waals surface area (Å²) in [5, 5.41) is 2.66. The van der Waals surface area contributed by atoms with Crippen molar-refractivity contribution in [1.82, 2.24) is 19.9 Å². The molecule has 0 aliphatic rings. The Morgan fingerprint density at radius 2 is 1.84 bits per heavy atom. The predicted molar refractivity (Wildman–Crippen MR) is 106 cm³/mol. The summed E-state index contributed by atoms with van der Waals surface area (Å²) in [6.45, 7) is 0. The molecule has 3 aromatic heterocycles. The number of hydrogen-bond donors (Lipinski definition) is 3. The molecule has 0 aliphatic heterocycles. The lowest BCUT2D eigenvalue weighted by molar-refractivity contribution is 0.0996. The Labute approximate surface area is 177 Å². The van der Waals surface area contributed by atoms with Crippen molar-refractivity contribution in [3.05, 3.63) is 71.1 Å². The van der Waals surface area contributed by atoms with E-state index in [0.29, 0.717) is 0 Å². The van der Waals surface area contributed by atoms with Crippen molar-refractivity contribution in [3.8, 4) is 5.75 Å². The van der Waals surface area contributed by atoms with Crippen molar-refractivity contribution in [1.29, 1.82) is 0 Å². The van der Waals surface area contributed by atoms with Crippen LogP contribution in [0.5, 0.6) is 5.75 Å². The average molecular weight is 442 g/mol. The quantitative estimate of drug-likeness (QED) is 0.391. The molecule has 12 heteroatoms. The van der Waals surface area contributed by atoms with E-state index in [4.69, 9.17) is 10.5 Å². The number of nitrogens with one attached hydrogen (secondary N) is 2. The summed E-state index contributed by atoms with van der Waals surface area (Å²) in [6, 6.07) is 2.68. The number of aromatic amines is 1. The van der Waals surface area contributed by atoms with Gasteiger partial charge in [0.1, 0.15) is 35.2 Å². The summed E-state index contributed by atoms with van der Waals surface area (Å²) in [5.41, 5.74) is 3.37. The van der Waals surface area contributed by atoms with Gasteiger partial charge in [0.05, 0.1) is 35.4 Å². The Balaban J connectivity index is 1.84. The van der Waals surface area contributed by atoms with E-state index in [1.807, 2.05) is 0 Å². The van der Waals surface area contributed by atoms with Crippen LogP contribution in [0.4, 0.5) is 24.8 Å². The molecule has 1 aromatic carbocycles. The van der Waals surface area contributed by atoms with Gasteiger partial charge in [0.2, 0.25) is 5.78 Å². The molecule has 4 rings (SSSR count). The number of carbonyl (C=O) groups excluding carboxylic acids is 2. The molecule has 0 unspecified atom stereocenters. The van der Waals surface area contributed by atoms with E-state index in [-0.39, 0.29) is 34.0 Å². The highest BCUT2D eigenvalue weighted by molar-refractivity contribution is 6.18. The maximum Gasteiger partial charge on any atom is 0.251 e. The van der Waals surface area contributed by atoms with Gasteiger partial charge in [-0.2, -0.15) is 0 Å². The number of anilines is 2. The normalized spacial score (nSPS) is 10.9. The van der Waals surface area contributed by atoms with Gasteiger partial charge in [0.25, 0.3) is 5.91 Å². The maximum atomic E-state index is 14.7. The predicted octanol–water partition coefficient (Wildman–Crippen LogP) is 2.85. The zero-order valence-electron chi connectivity index (χ0n) is 16.2. The fraction of sp³-hybridized carbons (Fsp3) is 0.0500.